The third-order valence-corrected chi connectivity index (χ3v) is 22.5. The summed E-state index contributed by atoms with van der Waals surface area (Å²) in [6, 6.07) is 0.693. The summed E-state index contributed by atoms with van der Waals surface area (Å²) in [5.41, 5.74) is 12.3. The molecule has 3 fully saturated rings. The van der Waals surface area contributed by atoms with Crippen LogP contribution >= 0.6 is 11.8 Å². The van der Waals surface area contributed by atoms with Crippen LogP contribution in [0.4, 0.5) is 0 Å². The summed E-state index contributed by atoms with van der Waals surface area (Å²) in [5, 5.41) is 117. The minimum absolute atomic E-state index is 0.0313. The zero-order valence-electron chi connectivity index (χ0n) is 67.8. The molecule has 0 spiro atoms. The summed E-state index contributed by atoms with van der Waals surface area (Å²) >= 11 is 1.45. The highest BCUT2D eigenvalue weighted by molar-refractivity contribution is 7.98. The highest BCUT2D eigenvalue weighted by Crippen LogP contribution is 2.32. The minimum Gasteiger partial charge on any atom is -0.508 e. The van der Waals surface area contributed by atoms with Crippen LogP contribution < -0.4 is 59.3 Å². The van der Waals surface area contributed by atoms with Crippen LogP contribution in [-0.2, 0) is 64.0 Å². The number of aromatic hydroxyl groups is 1. The lowest BCUT2D eigenvalue weighted by Gasteiger charge is -2.35. The number of unbranched alkanes of at least 4 members (excludes halogenated alkanes) is 6. The average molecular weight is 1640 g/mol. The average Bonchev–Trinajstić information content (AvgIpc) is 1.75. The number of hydrogen-bond donors (Lipinski definition) is 19. The van der Waals surface area contributed by atoms with Crippen molar-refractivity contribution in [2.75, 3.05) is 51.3 Å². The Kier molecular flexibility index (Phi) is 43.2. The molecule has 0 unspecified atom stereocenters. The molecule has 0 bridgehead atoms. The molecule has 2 aromatic rings. The number of aliphatic hydroxyl groups is 7. The molecule has 3 aliphatic heterocycles. The van der Waals surface area contributed by atoms with Gasteiger partial charge in [0.1, 0.15) is 66.1 Å². The molecule has 21 N–H and O–H groups in total. The fourth-order valence-corrected chi connectivity index (χ4v) is 15.5. The lowest BCUT2D eigenvalue weighted by molar-refractivity contribution is -0.149. The molecule has 0 saturated carbocycles. The lowest BCUT2D eigenvalue weighted by Crippen LogP contribution is -2.63. The smallest absolute Gasteiger partial charge is 0.248 e. The lowest BCUT2D eigenvalue weighted by atomic mass is 9.86. The number of amides is 10. The maximum Gasteiger partial charge on any atom is 0.248 e. The number of thioether (sulfide) groups is 1. The summed E-state index contributed by atoms with van der Waals surface area (Å²) in [5.74, 6) is -12.7. The van der Waals surface area contributed by atoms with Gasteiger partial charge in [0.05, 0.1) is 48.6 Å². The van der Waals surface area contributed by atoms with E-state index in [0.717, 1.165) is 67.4 Å². The van der Waals surface area contributed by atoms with Crippen LogP contribution in [0.1, 0.15) is 194 Å². The van der Waals surface area contributed by atoms with Crippen molar-refractivity contribution in [3.8, 4) is 5.75 Å². The summed E-state index contributed by atoms with van der Waals surface area (Å²) in [4.78, 5) is 175. The third kappa shape index (κ3) is 31.9. The van der Waals surface area contributed by atoms with Gasteiger partial charge in [-0.25, -0.2) is 0 Å². The first-order valence-corrected chi connectivity index (χ1v) is 42.3. The fourth-order valence-electron chi connectivity index (χ4n) is 15.0. The van der Waals surface area contributed by atoms with Crippen molar-refractivity contribution in [2.45, 2.75) is 280 Å². The highest BCUT2D eigenvalue weighted by Gasteiger charge is 2.49. The number of phenolic OH excluding ortho intramolecular Hbond substituents is 1. The van der Waals surface area contributed by atoms with E-state index in [9.17, 15) is 84.0 Å². The predicted octanol–water partition coefficient (Wildman–Crippen LogP) is -0.233. The summed E-state index contributed by atoms with van der Waals surface area (Å²) in [6.07, 6.45) is -6.75. The number of nitrogens with one attached hydrogen (secondary N) is 9. The SMILES string of the molecule is CC[C@H](C)C[C@H](C)CCCCCCCCC(=O)C[C@H]1C[C@@H](O)[C@@H](NCCN)NC(=O)[C@@H]2[C@@H](O)CCN2C(=O)[C@H]([C@H](O)CCNC(=O)[C@H](CCCCN)NC(=O)[C@H](Cc2ccccc2)NC(=O)[C@H](CC(C)C)NC(=O)[C@H](CCSC)NC=O)NC(=O)[C@H]([C@H](O)[C@@H](O)c2ccc(O)cc2)CC(=O)[C@@H]2C[C@@H](O)CN2C(=O)[C@H]([C@@H](C)O)NC1=O. The van der Waals surface area contributed by atoms with Gasteiger partial charge in [-0.1, -0.05) is 122 Å². The monoisotopic (exact) mass is 1640 g/mol. The predicted molar refractivity (Wildman–Crippen MR) is 431 cm³/mol. The molecule has 3 saturated heterocycles. The first-order chi connectivity index (χ1) is 54.8. The molecule has 3 aliphatic rings. The molecular formula is C81H131N13O20S. The number of nitrogens with zero attached hydrogens (tertiary/aromatic N) is 2. The molecule has 2 aromatic carbocycles. The van der Waals surface area contributed by atoms with Crippen molar-refractivity contribution in [3.05, 3.63) is 65.7 Å². The maximum absolute atomic E-state index is 15.6. The van der Waals surface area contributed by atoms with Gasteiger partial charge in [0.2, 0.25) is 59.6 Å². The second-order valence-electron chi connectivity index (χ2n) is 31.8. The Morgan fingerprint density at radius 1 is 0.643 bits per heavy atom. The van der Waals surface area contributed by atoms with Crippen molar-refractivity contribution in [2.24, 2.45) is 41.1 Å². The molecule has 3 heterocycles. The van der Waals surface area contributed by atoms with Crippen LogP contribution in [0.2, 0.25) is 0 Å². The second kappa shape index (κ2) is 50.8. The molecule has 33 nitrogen and oxygen atoms in total. The number of hydrogen-bond acceptors (Lipinski definition) is 24. The zero-order chi connectivity index (χ0) is 85.0. The summed E-state index contributed by atoms with van der Waals surface area (Å²) < 4.78 is 0. The Balaban J connectivity index is 1.54. The largest absolute Gasteiger partial charge is 0.508 e. The fraction of sp³-hybridized carbons (Fsp3) is 0.704. The molecule has 115 heavy (non-hydrogen) atoms. The van der Waals surface area contributed by atoms with Crippen LogP contribution in [0.15, 0.2) is 54.6 Å². The van der Waals surface area contributed by atoms with E-state index in [1.807, 2.05) is 20.1 Å². The van der Waals surface area contributed by atoms with Gasteiger partial charge in [0.25, 0.3) is 0 Å². The number of carbonyl (C=O) groups excluding carboxylic acids is 12. The normalized spacial score (nSPS) is 24.0. The van der Waals surface area contributed by atoms with Crippen LogP contribution in [0.3, 0.4) is 0 Å². The van der Waals surface area contributed by atoms with E-state index in [-0.39, 0.29) is 81.8 Å². The van der Waals surface area contributed by atoms with Crippen molar-refractivity contribution >= 4 is 82.9 Å². The molecule has 0 radical (unpaired) electrons. The maximum atomic E-state index is 15.6. The molecular weight excluding hydrogens is 1510 g/mol. The standard InChI is InChI=1S/C81H131N13O20S/c1-8-48(4)39-49(5)20-14-11-9-10-12-17-23-55(98)41-53-42-66(103)72(84-35-33-83)92-79(112)69-64(101)30-36-93(69)81(114)68(91-74(107)57(71(105)70(104)52-25-27-54(97)28-26-52)44-65(102)62-43-56(99)45-94(62)80(113)67(50(6)96)90-73(53)106)63(100)29-34-85-75(108)59(24-18-19-32-82)87-78(111)61(40-51-21-15-13-16-22-51)89-77(110)60(38-47(2)3)88-76(109)58(86-46-95)31-37-115-7/h13,15-16,21-22,25-28,46-50,53,56-64,66-72,84,96-97,99-101,103-105H,8-12,14,17-20,23-24,29-45,82-83H2,1-7H3,(H,85,108)(H,86,95)(H,87,111)(H,88,109)(H,89,110)(H,90,106)(H,91,107)(H,92,112)/t48-,49+,50+,53-,56+,57-,58-,59-,60-,61-,62-,63+,64-,66+,67-,68-,69-,70-,71-,72-/m0/s1. The van der Waals surface area contributed by atoms with E-state index in [2.05, 4.69) is 68.6 Å². The third-order valence-electron chi connectivity index (χ3n) is 21.8. The molecule has 10 amide bonds. The van der Waals surface area contributed by atoms with Crippen molar-refractivity contribution in [3.63, 3.8) is 0 Å². The van der Waals surface area contributed by atoms with Gasteiger partial charge in [-0.15, -0.1) is 0 Å². The molecule has 0 aromatic heterocycles. The number of aliphatic hydroxyl groups excluding tert-OH is 7. The van der Waals surface area contributed by atoms with Gasteiger partial charge < -0.3 is 105 Å². The van der Waals surface area contributed by atoms with E-state index < -0.39 is 226 Å². The second-order valence-corrected chi connectivity index (χ2v) is 32.8. The Bertz CT molecular complexity index is 3400. The van der Waals surface area contributed by atoms with Gasteiger partial charge in [-0.05, 0) is 131 Å². The van der Waals surface area contributed by atoms with Crippen LogP contribution in [0, 0.1) is 29.6 Å². The van der Waals surface area contributed by atoms with Gasteiger partial charge in [-0.2, -0.15) is 11.8 Å². The van der Waals surface area contributed by atoms with Crippen LogP contribution in [-0.4, -0.2) is 264 Å². The van der Waals surface area contributed by atoms with Crippen molar-refractivity contribution < 1.29 is 98.4 Å². The zero-order valence-corrected chi connectivity index (χ0v) is 68.7. The topological polar surface area (TPSA) is 533 Å². The van der Waals surface area contributed by atoms with E-state index in [4.69, 9.17) is 11.5 Å². The van der Waals surface area contributed by atoms with Gasteiger partial charge in [0, 0.05) is 70.7 Å². The molecule has 34 heteroatoms. The Morgan fingerprint density at radius 3 is 1.91 bits per heavy atom. The Labute approximate surface area is 679 Å². The molecule has 0 aliphatic carbocycles. The molecule has 20 atom stereocenters. The highest BCUT2D eigenvalue weighted by atomic mass is 32.2. The van der Waals surface area contributed by atoms with Gasteiger partial charge in [-0.3, -0.25) is 62.9 Å². The first-order valence-electron chi connectivity index (χ1n) is 40.9. The quantitative estimate of drug-likeness (QED) is 0.0301. The van der Waals surface area contributed by atoms with E-state index >= 15 is 14.4 Å². The Hall–Kier alpha value is -7.77. The van der Waals surface area contributed by atoms with Crippen molar-refractivity contribution in [1.82, 2.24) is 57.7 Å². The number of benzene rings is 2. The summed E-state index contributed by atoms with van der Waals surface area (Å²) in [6.45, 7) is 9.96. The van der Waals surface area contributed by atoms with E-state index in [1.54, 1.807) is 30.3 Å². The number of rotatable bonds is 45. The van der Waals surface area contributed by atoms with Gasteiger partial charge in [0.15, 0.2) is 5.78 Å². The molecule has 5 rings (SSSR count). The van der Waals surface area contributed by atoms with Crippen LogP contribution in [0.5, 0.6) is 5.75 Å². The minimum atomic E-state index is -2.32. The van der Waals surface area contributed by atoms with Crippen molar-refractivity contribution in [1.29, 1.82) is 0 Å². The number of carbonyl (C=O) groups is 12. The van der Waals surface area contributed by atoms with Gasteiger partial charge >= 0.3 is 0 Å². The molecule has 646 valence electrons. The number of phenols is 1. The first kappa shape index (κ1) is 97.8. The number of nitrogens with two attached hydrogens (primary N) is 2. The Morgan fingerprint density at radius 2 is 1.27 bits per heavy atom. The number of ketones is 2. The summed E-state index contributed by atoms with van der Waals surface area (Å²) in [7, 11) is 0. The van der Waals surface area contributed by atoms with E-state index in [0.29, 0.717) is 48.8 Å². The number of Topliss-reactive ketones (excluding diaryl/α,β-unsaturated/α-hetero) is 2. The number of fused-ring (bicyclic) bond motifs is 2. The van der Waals surface area contributed by atoms with E-state index in [1.165, 1.54) is 30.3 Å². The van der Waals surface area contributed by atoms with Crippen LogP contribution in [0.25, 0.3) is 0 Å².